The summed E-state index contributed by atoms with van der Waals surface area (Å²) in [6.45, 7) is 6.58. The number of aromatic nitrogens is 2. The minimum Gasteiger partial charge on any atom is -0.337 e. The number of likely N-dealkylation sites (tertiary alicyclic amines) is 1. The average molecular weight is 411 g/mol. The van der Waals surface area contributed by atoms with Gasteiger partial charge in [-0.2, -0.15) is 0 Å². The van der Waals surface area contributed by atoms with E-state index in [9.17, 15) is 4.79 Å². The van der Waals surface area contributed by atoms with E-state index in [-0.39, 0.29) is 5.91 Å². The van der Waals surface area contributed by atoms with Crippen molar-refractivity contribution < 1.29 is 4.79 Å². The third kappa shape index (κ3) is 2.94. The van der Waals surface area contributed by atoms with Gasteiger partial charge in [-0.25, -0.2) is 9.97 Å². The Labute approximate surface area is 182 Å². The van der Waals surface area contributed by atoms with E-state index in [1.54, 1.807) is 0 Å². The maximum Gasteiger partial charge on any atom is 0.254 e. The number of piperidine rings is 1. The highest BCUT2D eigenvalue weighted by atomic mass is 16.2. The van der Waals surface area contributed by atoms with Gasteiger partial charge in [-0.05, 0) is 61.1 Å². The predicted octanol–water partition coefficient (Wildman–Crippen LogP) is 4.02. The molecule has 2 saturated heterocycles. The smallest absolute Gasteiger partial charge is 0.254 e. The number of carbonyl (C=O) groups is 1. The summed E-state index contributed by atoms with van der Waals surface area (Å²) in [7, 11) is 0. The van der Waals surface area contributed by atoms with Gasteiger partial charge in [0.25, 0.3) is 5.91 Å². The number of hydrogen-bond acceptors (Lipinski definition) is 4. The van der Waals surface area contributed by atoms with Gasteiger partial charge in [0.2, 0.25) is 5.95 Å². The SMILES string of the molecule is Cc1cc(C)nc(N2C[C@@H]3CCN(C(=O)c4cccc5c4-c4ccccc4C5)C[C@@H]32)n1. The average Bonchev–Trinajstić information content (AvgIpc) is 3.12. The van der Waals surface area contributed by atoms with E-state index in [2.05, 4.69) is 45.2 Å². The molecule has 1 amide bonds. The third-order valence-corrected chi connectivity index (χ3v) is 7.12. The van der Waals surface area contributed by atoms with Crippen LogP contribution in [0, 0.1) is 19.8 Å². The fraction of sp³-hybridized carbons (Fsp3) is 0.346. The van der Waals surface area contributed by atoms with Crippen molar-refractivity contribution in [3.05, 3.63) is 76.6 Å². The second kappa shape index (κ2) is 6.91. The van der Waals surface area contributed by atoms with Gasteiger partial charge >= 0.3 is 0 Å². The third-order valence-electron chi connectivity index (χ3n) is 7.12. The molecule has 0 radical (unpaired) electrons. The molecular formula is C26H26N4O. The summed E-state index contributed by atoms with van der Waals surface area (Å²) in [6.07, 6.45) is 1.96. The number of anilines is 1. The van der Waals surface area contributed by atoms with Crippen LogP contribution in [0.4, 0.5) is 5.95 Å². The van der Waals surface area contributed by atoms with Gasteiger partial charge in [0.15, 0.2) is 0 Å². The van der Waals surface area contributed by atoms with E-state index >= 15 is 0 Å². The normalized spacial score (nSPS) is 21.2. The zero-order valence-corrected chi connectivity index (χ0v) is 18.0. The highest BCUT2D eigenvalue weighted by Crippen LogP contribution is 2.40. The molecule has 2 aliphatic heterocycles. The quantitative estimate of drug-likeness (QED) is 0.501. The number of aryl methyl sites for hydroxylation is 2. The number of fused-ring (bicyclic) bond motifs is 4. The standard InChI is InChI=1S/C26H26N4O/c1-16-12-17(2)28-26(27-16)30-14-20-10-11-29(15-23(20)30)25(31)22-9-5-7-19-13-18-6-3-4-8-21(18)24(19)22/h3-9,12,20,23H,10-11,13-15H2,1-2H3/t20-,23-/m0/s1. The van der Waals surface area contributed by atoms with Gasteiger partial charge in [0.05, 0.1) is 6.04 Å². The van der Waals surface area contributed by atoms with Gasteiger partial charge in [0, 0.05) is 42.5 Å². The van der Waals surface area contributed by atoms with Crippen LogP contribution in [0.2, 0.25) is 0 Å². The summed E-state index contributed by atoms with van der Waals surface area (Å²) < 4.78 is 0. The van der Waals surface area contributed by atoms with Crippen molar-refractivity contribution in [3.63, 3.8) is 0 Å². The molecule has 0 spiro atoms. The molecule has 0 saturated carbocycles. The van der Waals surface area contributed by atoms with Crippen molar-refractivity contribution in [1.29, 1.82) is 0 Å². The van der Waals surface area contributed by atoms with Gasteiger partial charge in [-0.15, -0.1) is 0 Å². The predicted molar refractivity (Wildman–Crippen MR) is 121 cm³/mol. The monoisotopic (exact) mass is 410 g/mol. The second-order valence-corrected chi connectivity index (χ2v) is 9.14. The van der Waals surface area contributed by atoms with Crippen molar-refractivity contribution in [1.82, 2.24) is 14.9 Å². The summed E-state index contributed by atoms with van der Waals surface area (Å²) >= 11 is 0. The van der Waals surface area contributed by atoms with Gasteiger partial charge in [-0.1, -0.05) is 36.4 Å². The van der Waals surface area contributed by atoms with Gasteiger partial charge < -0.3 is 9.80 Å². The number of amides is 1. The summed E-state index contributed by atoms with van der Waals surface area (Å²) in [5.74, 6) is 1.58. The Morgan fingerprint density at radius 2 is 1.74 bits per heavy atom. The van der Waals surface area contributed by atoms with Crippen LogP contribution in [0.3, 0.4) is 0 Å². The molecule has 5 nitrogen and oxygen atoms in total. The van der Waals surface area contributed by atoms with Crippen LogP contribution in [-0.4, -0.2) is 46.5 Å². The lowest BCUT2D eigenvalue weighted by Crippen LogP contribution is -2.65. The lowest BCUT2D eigenvalue weighted by atomic mass is 9.82. The molecule has 31 heavy (non-hydrogen) atoms. The minimum absolute atomic E-state index is 0.153. The molecule has 6 rings (SSSR count). The van der Waals surface area contributed by atoms with E-state index in [0.717, 1.165) is 60.9 Å². The molecule has 1 aromatic heterocycles. The first-order valence-electron chi connectivity index (χ1n) is 11.2. The topological polar surface area (TPSA) is 49.3 Å². The van der Waals surface area contributed by atoms with Crippen molar-refractivity contribution >= 4 is 11.9 Å². The highest BCUT2D eigenvalue weighted by molar-refractivity contribution is 6.03. The Morgan fingerprint density at radius 1 is 0.968 bits per heavy atom. The Bertz CT molecular complexity index is 1180. The number of nitrogens with zero attached hydrogens (tertiary/aromatic N) is 4. The van der Waals surface area contributed by atoms with Gasteiger partial charge in [0.1, 0.15) is 0 Å². The molecule has 3 aromatic rings. The summed E-state index contributed by atoms with van der Waals surface area (Å²) in [5.41, 5.74) is 7.75. The second-order valence-electron chi connectivity index (χ2n) is 9.14. The molecular weight excluding hydrogens is 384 g/mol. The zero-order chi connectivity index (χ0) is 21.1. The van der Waals surface area contributed by atoms with E-state index in [4.69, 9.17) is 0 Å². The Balaban J connectivity index is 1.28. The van der Waals surface area contributed by atoms with E-state index in [1.165, 1.54) is 16.7 Å². The number of hydrogen-bond donors (Lipinski definition) is 0. The van der Waals surface area contributed by atoms with E-state index in [1.807, 2.05) is 36.9 Å². The van der Waals surface area contributed by atoms with Crippen molar-refractivity contribution in [2.75, 3.05) is 24.5 Å². The Kier molecular flexibility index (Phi) is 4.13. The molecule has 156 valence electrons. The maximum absolute atomic E-state index is 13.7. The molecule has 0 N–H and O–H groups in total. The van der Waals surface area contributed by atoms with Crippen LogP contribution in [0.1, 0.15) is 39.3 Å². The van der Waals surface area contributed by atoms with E-state index < -0.39 is 0 Å². The van der Waals surface area contributed by atoms with Crippen molar-refractivity contribution in [2.45, 2.75) is 32.7 Å². The lowest BCUT2D eigenvalue weighted by molar-refractivity contribution is 0.0590. The van der Waals surface area contributed by atoms with Gasteiger partial charge in [-0.3, -0.25) is 4.79 Å². The molecule has 0 unspecified atom stereocenters. The molecule has 2 fully saturated rings. The zero-order valence-electron chi connectivity index (χ0n) is 18.0. The highest BCUT2D eigenvalue weighted by Gasteiger charge is 2.45. The lowest BCUT2D eigenvalue weighted by Gasteiger charge is -2.53. The fourth-order valence-electron chi connectivity index (χ4n) is 5.58. The largest absolute Gasteiger partial charge is 0.337 e. The number of benzene rings is 2. The maximum atomic E-state index is 13.7. The molecule has 5 heteroatoms. The molecule has 3 heterocycles. The summed E-state index contributed by atoms with van der Waals surface area (Å²) in [6, 6.07) is 17.0. The first-order valence-corrected chi connectivity index (χ1v) is 11.2. The van der Waals surface area contributed by atoms with Crippen LogP contribution in [-0.2, 0) is 6.42 Å². The van der Waals surface area contributed by atoms with Crippen molar-refractivity contribution in [3.8, 4) is 11.1 Å². The van der Waals surface area contributed by atoms with Crippen molar-refractivity contribution in [2.24, 2.45) is 5.92 Å². The summed E-state index contributed by atoms with van der Waals surface area (Å²) in [5, 5.41) is 0. The molecule has 2 aromatic carbocycles. The van der Waals surface area contributed by atoms with Crippen LogP contribution < -0.4 is 4.90 Å². The van der Waals surface area contributed by atoms with Crippen LogP contribution in [0.5, 0.6) is 0 Å². The van der Waals surface area contributed by atoms with Crippen LogP contribution in [0.15, 0.2) is 48.5 Å². The molecule has 2 atom stereocenters. The van der Waals surface area contributed by atoms with Crippen LogP contribution >= 0.6 is 0 Å². The van der Waals surface area contributed by atoms with Crippen LogP contribution in [0.25, 0.3) is 11.1 Å². The Hall–Kier alpha value is -3.21. The molecule has 1 aliphatic carbocycles. The first kappa shape index (κ1) is 18.6. The number of rotatable bonds is 2. The minimum atomic E-state index is 0.153. The molecule has 3 aliphatic rings. The Morgan fingerprint density at radius 3 is 2.58 bits per heavy atom. The molecule has 0 bridgehead atoms. The van der Waals surface area contributed by atoms with E-state index in [0.29, 0.717) is 12.0 Å². The summed E-state index contributed by atoms with van der Waals surface area (Å²) in [4.78, 5) is 27.3. The first-order chi connectivity index (χ1) is 15.1. The number of carbonyl (C=O) groups excluding carboxylic acids is 1. The fourth-order valence-corrected chi connectivity index (χ4v) is 5.58.